The highest BCUT2D eigenvalue weighted by Gasteiger charge is 2.14. The molecule has 0 saturated heterocycles. The van der Waals surface area contributed by atoms with Crippen LogP contribution in [0.3, 0.4) is 0 Å². The number of halogens is 1. The first-order valence-electron chi connectivity index (χ1n) is 4.42. The Kier molecular flexibility index (Phi) is 4.56. The lowest BCUT2D eigenvalue weighted by Gasteiger charge is -2.09. The third kappa shape index (κ3) is 3.19. The molecule has 4 nitrogen and oxygen atoms in total. The molecule has 0 aliphatic rings. The van der Waals surface area contributed by atoms with Gasteiger partial charge in [-0.15, -0.1) is 11.3 Å². The second-order valence-electron chi connectivity index (χ2n) is 3.06. The van der Waals surface area contributed by atoms with Crippen molar-refractivity contribution in [3.8, 4) is 5.75 Å². The summed E-state index contributed by atoms with van der Waals surface area (Å²) in [4.78, 5) is 12.3. The Balaban J connectivity index is 2.74. The highest BCUT2D eigenvalue weighted by atomic mass is 79.9. The van der Waals surface area contributed by atoms with Crippen LogP contribution in [0.2, 0.25) is 0 Å². The van der Waals surface area contributed by atoms with Gasteiger partial charge < -0.3 is 15.8 Å². The van der Waals surface area contributed by atoms with Crippen LogP contribution < -0.4 is 15.8 Å². The van der Waals surface area contributed by atoms with E-state index in [2.05, 4.69) is 21.2 Å². The first-order chi connectivity index (χ1) is 7.08. The van der Waals surface area contributed by atoms with Crippen molar-refractivity contribution in [2.24, 2.45) is 5.73 Å². The van der Waals surface area contributed by atoms with Crippen molar-refractivity contribution < 1.29 is 9.53 Å². The number of thiophene rings is 1. The van der Waals surface area contributed by atoms with Gasteiger partial charge in [0, 0.05) is 18.7 Å². The summed E-state index contributed by atoms with van der Waals surface area (Å²) < 4.78 is 5.88. The minimum absolute atomic E-state index is 0.0237. The van der Waals surface area contributed by atoms with Crippen LogP contribution in [-0.2, 0) is 0 Å². The Morgan fingerprint density at radius 2 is 2.47 bits per heavy atom. The lowest BCUT2D eigenvalue weighted by Crippen LogP contribution is -2.37. The molecule has 0 aliphatic heterocycles. The number of hydrogen-bond acceptors (Lipinski definition) is 4. The van der Waals surface area contributed by atoms with Gasteiger partial charge in [-0.2, -0.15) is 0 Å². The van der Waals surface area contributed by atoms with E-state index in [1.54, 1.807) is 13.2 Å². The fraction of sp³-hybridized carbons (Fsp3) is 0.444. The molecule has 1 amide bonds. The summed E-state index contributed by atoms with van der Waals surface area (Å²) in [7, 11) is 1.57. The maximum absolute atomic E-state index is 11.7. The zero-order valence-electron chi connectivity index (χ0n) is 8.54. The smallest absolute Gasteiger partial charge is 0.261 e. The van der Waals surface area contributed by atoms with Crippen LogP contribution in [0, 0.1) is 0 Å². The number of hydrogen-bond donors (Lipinski definition) is 2. The fourth-order valence-corrected chi connectivity index (χ4v) is 2.51. The molecule has 0 aliphatic carbocycles. The predicted molar refractivity (Wildman–Crippen MR) is 64.6 cm³/mol. The van der Waals surface area contributed by atoms with Gasteiger partial charge in [0.1, 0.15) is 9.54 Å². The van der Waals surface area contributed by atoms with Gasteiger partial charge in [0.2, 0.25) is 0 Å². The van der Waals surface area contributed by atoms with Crippen LogP contribution in [0.15, 0.2) is 9.85 Å². The molecular weight excluding hydrogens is 280 g/mol. The number of carbonyl (C=O) groups is 1. The van der Waals surface area contributed by atoms with E-state index in [0.717, 1.165) is 3.79 Å². The van der Waals surface area contributed by atoms with E-state index in [4.69, 9.17) is 10.5 Å². The van der Waals surface area contributed by atoms with Gasteiger partial charge in [0.05, 0.1) is 12.0 Å². The van der Waals surface area contributed by atoms with Gasteiger partial charge in [0.15, 0.2) is 0 Å². The maximum Gasteiger partial charge on any atom is 0.261 e. The second-order valence-corrected chi connectivity index (χ2v) is 5.43. The van der Waals surface area contributed by atoms with Crippen molar-refractivity contribution in [1.29, 1.82) is 0 Å². The van der Waals surface area contributed by atoms with Crippen LogP contribution in [-0.4, -0.2) is 25.6 Å². The van der Waals surface area contributed by atoms with Crippen molar-refractivity contribution in [3.63, 3.8) is 0 Å². The van der Waals surface area contributed by atoms with E-state index >= 15 is 0 Å². The molecule has 0 unspecified atom stereocenters. The summed E-state index contributed by atoms with van der Waals surface area (Å²) in [6.07, 6.45) is 0. The zero-order chi connectivity index (χ0) is 11.4. The molecule has 1 atom stereocenters. The minimum atomic E-state index is -0.123. The maximum atomic E-state index is 11.7. The molecule has 0 spiro atoms. The summed E-state index contributed by atoms with van der Waals surface area (Å²) >= 11 is 4.66. The van der Waals surface area contributed by atoms with E-state index < -0.39 is 0 Å². The Hall–Kier alpha value is -0.590. The molecule has 6 heteroatoms. The molecule has 3 N–H and O–H groups in total. The van der Waals surface area contributed by atoms with E-state index in [1.807, 2.05) is 6.92 Å². The normalized spacial score (nSPS) is 12.3. The number of methoxy groups -OCH3 is 1. The molecule has 0 aromatic carbocycles. The monoisotopic (exact) mass is 292 g/mol. The molecule has 1 aromatic heterocycles. The molecule has 1 rings (SSSR count). The first kappa shape index (κ1) is 12.5. The molecule has 0 saturated carbocycles. The quantitative estimate of drug-likeness (QED) is 0.886. The molecule has 1 aromatic rings. The predicted octanol–water partition coefficient (Wildman–Crippen LogP) is 1.60. The van der Waals surface area contributed by atoms with Gasteiger partial charge in [0.25, 0.3) is 5.91 Å². The molecule has 84 valence electrons. The van der Waals surface area contributed by atoms with Crippen LogP contribution in [0.5, 0.6) is 5.75 Å². The third-order valence-corrected chi connectivity index (χ3v) is 3.61. The van der Waals surface area contributed by atoms with E-state index in [0.29, 0.717) is 17.2 Å². The van der Waals surface area contributed by atoms with Crippen LogP contribution in [0.25, 0.3) is 0 Å². The topological polar surface area (TPSA) is 64.3 Å². The average Bonchev–Trinajstić information content (AvgIpc) is 2.59. The molecule has 1 heterocycles. The number of ether oxygens (including phenoxy) is 1. The van der Waals surface area contributed by atoms with E-state index in [9.17, 15) is 4.79 Å². The van der Waals surface area contributed by atoms with Crippen LogP contribution >= 0.6 is 27.3 Å². The number of carbonyl (C=O) groups excluding carboxylic acids is 1. The third-order valence-electron chi connectivity index (χ3n) is 1.83. The summed E-state index contributed by atoms with van der Waals surface area (Å²) in [5.74, 6) is 0.549. The Morgan fingerprint density at radius 3 is 2.93 bits per heavy atom. The number of amides is 1. The van der Waals surface area contributed by atoms with Crippen molar-refractivity contribution >= 4 is 33.2 Å². The van der Waals surface area contributed by atoms with E-state index in [-0.39, 0.29) is 11.9 Å². The zero-order valence-corrected chi connectivity index (χ0v) is 10.9. The highest BCUT2D eigenvalue weighted by Crippen LogP contribution is 2.34. The van der Waals surface area contributed by atoms with Crippen LogP contribution in [0.1, 0.15) is 16.6 Å². The summed E-state index contributed by atoms with van der Waals surface area (Å²) in [5, 5.41) is 2.78. The SMILES string of the molecule is COc1cc(C(=O)N[C@H](C)CN)sc1Br. The van der Waals surface area contributed by atoms with Crippen molar-refractivity contribution in [1.82, 2.24) is 5.32 Å². The molecular formula is C9H13BrN2O2S. The Labute approximate surface area is 101 Å². The average molecular weight is 293 g/mol. The Morgan fingerprint density at radius 1 is 1.80 bits per heavy atom. The van der Waals surface area contributed by atoms with Gasteiger partial charge in [-0.05, 0) is 22.9 Å². The van der Waals surface area contributed by atoms with E-state index in [1.165, 1.54) is 11.3 Å². The van der Waals surface area contributed by atoms with Gasteiger partial charge >= 0.3 is 0 Å². The summed E-state index contributed by atoms with van der Waals surface area (Å²) in [6.45, 7) is 2.28. The molecule has 0 radical (unpaired) electrons. The largest absolute Gasteiger partial charge is 0.495 e. The van der Waals surface area contributed by atoms with Crippen molar-refractivity contribution in [2.75, 3.05) is 13.7 Å². The lowest BCUT2D eigenvalue weighted by atomic mass is 10.3. The first-order valence-corrected chi connectivity index (χ1v) is 6.03. The molecule has 0 bridgehead atoms. The number of nitrogens with two attached hydrogens (primary N) is 1. The second kappa shape index (κ2) is 5.48. The lowest BCUT2D eigenvalue weighted by molar-refractivity contribution is 0.0945. The Bertz CT molecular complexity index is 354. The molecule has 15 heavy (non-hydrogen) atoms. The standard InChI is InChI=1S/C9H13BrN2O2S/c1-5(4-11)12-9(13)7-3-6(14-2)8(10)15-7/h3,5H,4,11H2,1-2H3,(H,12,13)/t5-/m1/s1. The highest BCUT2D eigenvalue weighted by molar-refractivity contribution is 9.11. The molecule has 0 fully saturated rings. The van der Waals surface area contributed by atoms with Crippen LogP contribution in [0.4, 0.5) is 0 Å². The van der Waals surface area contributed by atoms with Gasteiger partial charge in [-0.3, -0.25) is 4.79 Å². The fourth-order valence-electron chi connectivity index (χ4n) is 0.957. The van der Waals surface area contributed by atoms with Crippen molar-refractivity contribution in [2.45, 2.75) is 13.0 Å². The van der Waals surface area contributed by atoms with Gasteiger partial charge in [-0.1, -0.05) is 0 Å². The van der Waals surface area contributed by atoms with Gasteiger partial charge in [-0.25, -0.2) is 0 Å². The summed E-state index contributed by atoms with van der Waals surface area (Å²) in [6, 6.07) is 1.68. The summed E-state index contributed by atoms with van der Waals surface area (Å²) in [5.41, 5.74) is 5.41. The number of rotatable bonds is 4. The van der Waals surface area contributed by atoms with Crippen molar-refractivity contribution in [3.05, 3.63) is 14.7 Å². The number of nitrogens with one attached hydrogen (secondary N) is 1. The minimum Gasteiger partial charge on any atom is -0.495 e.